The number of aromatic nitrogens is 1. The summed E-state index contributed by atoms with van der Waals surface area (Å²) in [5.74, 6) is 0.832. The maximum atomic E-state index is 12.9. The number of nitrogens with zero attached hydrogens (tertiary/aromatic N) is 1. The molecule has 0 aliphatic heterocycles. The minimum absolute atomic E-state index is 0.0231. The van der Waals surface area contributed by atoms with Crippen molar-refractivity contribution in [3.05, 3.63) is 47.4 Å². The quantitative estimate of drug-likeness (QED) is 0.857. The third-order valence-corrected chi connectivity index (χ3v) is 2.59. The van der Waals surface area contributed by atoms with Crippen LogP contribution in [0.2, 0.25) is 5.02 Å². The molecule has 4 nitrogen and oxygen atoms in total. The van der Waals surface area contributed by atoms with Gasteiger partial charge >= 0.3 is 0 Å². The first-order valence-corrected chi connectivity index (χ1v) is 5.96. The van der Waals surface area contributed by atoms with Gasteiger partial charge in [0, 0.05) is 12.3 Å². The van der Waals surface area contributed by atoms with E-state index in [9.17, 15) is 4.39 Å². The molecule has 0 fully saturated rings. The Morgan fingerprint density at radius 1 is 1.21 bits per heavy atom. The molecular formula is C13H12ClFN2O2. The molecule has 6 heteroatoms. The Labute approximate surface area is 114 Å². The van der Waals surface area contributed by atoms with Crippen LogP contribution in [0, 0.1) is 5.82 Å². The minimum Gasteiger partial charge on any atom is -0.490 e. The highest BCUT2D eigenvalue weighted by Gasteiger charge is 2.03. The van der Waals surface area contributed by atoms with Gasteiger partial charge in [-0.3, -0.25) is 0 Å². The van der Waals surface area contributed by atoms with Crippen LogP contribution in [0.3, 0.4) is 0 Å². The first kappa shape index (κ1) is 13.4. The molecule has 0 amide bonds. The fourth-order valence-corrected chi connectivity index (χ4v) is 1.57. The van der Waals surface area contributed by atoms with Crippen LogP contribution in [0.25, 0.3) is 0 Å². The summed E-state index contributed by atoms with van der Waals surface area (Å²) in [5.41, 5.74) is 5.61. The third-order valence-electron chi connectivity index (χ3n) is 2.30. The van der Waals surface area contributed by atoms with Gasteiger partial charge in [0.1, 0.15) is 24.8 Å². The fourth-order valence-electron chi connectivity index (χ4n) is 1.40. The summed E-state index contributed by atoms with van der Waals surface area (Å²) in [6, 6.07) is 7.61. The molecule has 1 heterocycles. The number of pyridine rings is 1. The summed E-state index contributed by atoms with van der Waals surface area (Å²) in [7, 11) is 0. The lowest BCUT2D eigenvalue weighted by atomic mass is 10.3. The SMILES string of the molecule is Nc1ncccc1OCCOc1ccc(F)c(Cl)c1. The predicted octanol–water partition coefficient (Wildman–Crippen LogP) is 2.91. The molecule has 1 aromatic carbocycles. The zero-order valence-electron chi connectivity index (χ0n) is 9.98. The van der Waals surface area contributed by atoms with E-state index >= 15 is 0 Å². The maximum Gasteiger partial charge on any atom is 0.166 e. The summed E-state index contributed by atoms with van der Waals surface area (Å²) >= 11 is 5.63. The van der Waals surface area contributed by atoms with E-state index in [1.807, 2.05) is 0 Å². The predicted molar refractivity (Wildman–Crippen MR) is 71.0 cm³/mol. The second-order valence-corrected chi connectivity index (χ2v) is 4.07. The number of nitrogens with two attached hydrogens (primary N) is 1. The lowest BCUT2D eigenvalue weighted by Crippen LogP contribution is -2.10. The van der Waals surface area contributed by atoms with E-state index in [2.05, 4.69) is 4.98 Å². The van der Waals surface area contributed by atoms with E-state index in [1.54, 1.807) is 18.3 Å². The van der Waals surface area contributed by atoms with Crippen LogP contribution < -0.4 is 15.2 Å². The van der Waals surface area contributed by atoms with Crippen LogP contribution in [-0.4, -0.2) is 18.2 Å². The van der Waals surface area contributed by atoms with Crippen LogP contribution in [-0.2, 0) is 0 Å². The molecular weight excluding hydrogens is 271 g/mol. The maximum absolute atomic E-state index is 12.9. The molecule has 100 valence electrons. The first-order chi connectivity index (χ1) is 9.16. The Balaban J connectivity index is 1.81. The molecule has 1 aromatic heterocycles. The number of nitrogen functional groups attached to an aromatic ring is 1. The molecule has 0 unspecified atom stereocenters. The van der Waals surface area contributed by atoms with E-state index in [1.165, 1.54) is 18.2 Å². The van der Waals surface area contributed by atoms with Gasteiger partial charge in [0.25, 0.3) is 0 Å². The summed E-state index contributed by atoms with van der Waals surface area (Å²) in [6.07, 6.45) is 1.58. The number of anilines is 1. The molecule has 0 saturated carbocycles. The molecule has 2 rings (SSSR count). The van der Waals surface area contributed by atoms with Gasteiger partial charge in [0.05, 0.1) is 5.02 Å². The number of ether oxygens (including phenoxy) is 2. The largest absolute Gasteiger partial charge is 0.490 e. The molecule has 0 saturated heterocycles. The van der Waals surface area contributed by atoms with Crippen molar-refractivity contribution in [2.45, 2.75) is 0 Å². The highest BCUT2D eigenvalue weighted by Crippen LogP contribution is 2.21. The van der Waals surface area contributed by atoms with Crippen molar-refractivity contribution in [2.75, 3.05) is 18.9 Å². The lowest BCUT2D eigenvalue weighted by Gasteiger charge is -2.09. The average molecular weight is 283 g/mol. The Morgan fingerprint density at radius 3 is 2.74 bits per heavy atom. The number of hydrogen-bond acceptors (Lipinski definition) is 4. The van der Waals surface area contributed by atoms with E-state index in [0.29, 0.717) is 23.9 Å². The second kappa shape index (κ2) is 6.24. The molecule has 0 aliphatic carbocycles. The molecule has 0 bridgehead atoms. The highest BCUT2D eigenvalue weighted by molar-refractivity contribution is 6.30. The number of halogens is 2. The minimum atomic E-state index is -0.478. The van der Waals surface area contributed by atoms with Gasteiger partial charge in [-0.25, -0.2) is 9.37 Å². The van der Waals surface area contributed by atoms with Crippen molar-refractivity contribution in [1.29, 1.82) is 0 Å². The molecule has 0 spiro atoms. The van der Waals surface area contributed by atoms with E-state index in [-0.39, 0.29) is 11.6 Å². The third kappa shape index (κ3) is 3.72. The molecule has 0 aliphatic rings. The van der Waals surface area contributed by atoms with Crippen molar-refractivity contribution < 1.29 is 13.9 Å². The van der Waals surface area contributed by atoms with E-state index in [0.717, 1.165) is 0 Å². The zero-order valence-corrected chi connectivity index (χ0v) is 10.7. The van der Waals surface area contributed by atoms with Crippen LogP contribution in [0.4, 0.5) is 10.2 Å². The van der Waals surface area contributed by atoms with Gasteiger partial charge in [0.2, 0.25) is 0 Å². The summed E-state index contributed by atoms with van der Waals surface area (Å²) < 4.78 is 23.7. The van der Waals surface area contributed by atoms with Crippen molar-refractivity contribution in [3.63, 3.8) is 0 Å². The Kier molecular flexibility index (Phi) is 4.41. The van der Waals surface area contributed by atoms with E-state index < -0.39 is 5.82 Å². The summed E-state index contributed by atoms with van der Waals surface area (Å²) in [4.78, 5) is 3.89. The Bertz CT molecular complexity index is 566. The Morgan fingerprint density at radius 2 is 2.00 bits per heavy atom. The topological polar surface area (TPSA) is 57.4 Å². The van der Waals surface area contributed by atoms with Gasteiger partial charge in [-0.2, -0.15) is 0 Å². The van der Waals surface area contributed by atoms with Crippen LogP contribution in [0.15, 0.2) is 36.5 Å². The van der Waals surface area contributed by atoms with Crippen molar-refractivity contribution >= 4 is 17.4 Å². The van der Waals surface area contributed by atoms with Crippen molar-refractivity contribution in [3.8, 4) is 11.5 Å². The highest BCUT2D eigenvalue weighted by atomic mass is 35.5. The average Bonchev–Trinajstić information content (AvgIpc) is 2.40. The molecule has 0 radical (unpaired) electrons. The molecule has 2 N–H and O–H groups in total. The first-order valence-electron chi connectivity index (χ1n) is 5.58. The monoisotopic (exact) mass is 282 g/mol. The van der Waals surface area contributed by atoms with Crippen LogP contribution in [0.1, 0.15) is 0 Å². The smallest absolute Gasteiger partial charge is 0.166 e. The molecule has 0 atom stereocenters. The van der Waals surface area contributed by atoms with Gasteiger partial charge in [0.15, 0.2) is 11.6 Å². The summed E-state index contributed by atoms with van der Waals surface area (Å²) in [5, 5.41) is 0.0231. The number of benzene rings is 1. The van der Waals surface area contributed by atoms with Crippen LogP contribution >= 0.6 is 11.6 Å². The zero-order chi connectivity index (χ0) is 13.7. The molecule has 2 aromatic rings. The normalized spacial score (nSPS) is 10.2. The van der Waals surface area contributed by atoms with Crippen LogP contribution in [0.5, 0.6) is 11.5 Å². The van der Waals surface area contributed by atoms with Gasteiger partial charge in [-0.1, -0.05) is 11.6 Å². The number of rotatable bonds is 5. The van der Waals surface area contributed by atoms with Crippen molar-refractivity contribution in [2.24, 2.45) is 0 Å². The Hall–Kier alpha value is -2.01. The number of hydrogen-bond donors (Lipinski definition) is 1. The second-order valence-electron chi connectivity index (χ2n) is 3.66. The van der Waals surface area contributed by atoms with Gasteiger partial charge in [-0.05, 0) is 24.3 Å². The fraction of sp³-hybridized carbons (Fsp3) is 0.154. The standard InChI is InChI=1S/C13H12ClFN2O2/c14-10-8-9(3-4-11(10)15)18-6-7-19-12-2-1-5-17-13(12)16/h1-5,8H,6-7H2,(H2,16,17). The van der Waals surface area contributed by atoms with Crippen molar-refractivity contribution in [1.82, 2.24) is 4.98 Å². The lowest BCUT2D eigenvalue weighted by molar-refractivity contribution is 0.217. The molecule has 19 heavy (non-hydrogen) atoms. The van der Waals surface area contributed by atoms with Gasteiger partial charge < -0.3 is 15.2 Å². The van der Waals surface area contributed by atoms with Gasteiger partial charge in [-0.15, -0.1) is 0 Å². The van der Waals surface area contributed by atoms with E-state index in [4.69, 9.17) is 26.8 Å². The summed E-state index contributed by atoms with van der Waals surface area (Å²) in [6.45, 7) is 0.585.